The van der Waals surface area contributed by atoms with Crippen molar-refractivity contribution in [2.24, 2.45) is 5.92 Å². The number of rotatable bonds is 4. The van der Waals surface area contributed by atoms with Crippen LogP contribution < -0.4 is 5.73 Å². The number of halogens is 1. The molecular formula is C21H24ClN3O. The van der Waals surface area contributed by atoms with Crippen LogP contribution in [0.5, 0.6) is 0 Å². The van der Waals surface area contributed by atoms with Gasteiger partial charge in [0.15, 0.2) is 0 Å². The normalized spacial score (nSPS) is 20.4. The third kappa shape index (κ3) is 5.47. The lowest BCUT2D eigenvalue weighted by atomic mass is 9.88. The van der Waals surface area contributed by atoms with Crippen LogP contribution in [-0.2, 0) is 6.42 Å². The Kier molecular flexibility index (Phi) is 6.51. The van der Waals surface area contributed by atoms with Gasteiger partial charge in [-0.25, -0.2) is 4.98 Å². The van der Waals surface area contributed by atoms with Crippen molar-refractivity contribution in [3.05, 3.63) is 58.7 Å². The first-order chi connectivity index (χ1) is 12.6. The second kappa shape index (κ2) is 9.05. The molecule has 1 aliphatic heterocycles. The number of aliphatic hydroxyl groups is 1. The van der Waals surface area contributed by atoms with Crippen LogP contribution in [0.2, 0.25) is 5.02 Å². The fourth-order valence-electron chi connectivity index (χ4n) is 3.27. The molecule has 1 fully saturated rings. The highest BCUT2D eigenvalue weighted by atomic mass is 35.5. The third-order valence-corrected chi connectivity index (χ3v) is 5.04. The number of nitrogen functional groups attached to an aromatic ring is 1. The topological polar surface area (TPSA) is 62.4 Å². The number of β-amino-alcohol motifs (C(OH)–C–C–N with tert-alkyl or cyclic N) is 1. The van der Waals surface area contributed by atoms with E-state index in [1.165, 1.54) is 5.56 Å². The van der Waals surface area contributed by atoms with Crippen LogP contribution >= 0.6 is 11.6 Å². The molecule has 1 aliphatic rings. The molecular weight excluding hydrogens is 346 g/mol. The summed E-state index contributed by atoms with van der Waals surface area (Å²) in [5.74, 6) is 7.08. The van der Waals surface area contributed by atoms with Gasteiger partial charge in [0.1, 0.15) is 5.82 Å². The molecule has 0 amide bonds. The first-order valence-electron chi connectivity index (χ1n) is 8.95. The monoisotopic (exact) mass is 369 g/mol. The highest BCUT2D eigenvalue weighted by Gasteiger charge is 2.27. The lowest BCUT2D eigenvalue weighted by Gasteiger charge is -2.35. The molecule has 1 aromatic carbocycles. The van der Waals surface area contributed by atoms with Crippen molar-refractivity contribution in [2.75, 3.05) is 25.4 Å². The van der Waals surface area contributed by atoms with E-state index in [-0.39, 0.29) is 6.10 Å². The van der Waals surface area contributed by atoms with E-state index in [0.717, 1.165) is 42.9 Å². The predicted molar refractivity (Wildman–Crippen MR) is 106 cm³/mol. The predicted octanol–water partition coefficient (Wildman–Crippen LogP) is 2.98. The molecule has 0 aliphatic carbocycles. The minimum Gasteiger partial charge on any atom is -0.391 e. The highest BCUT2D eigenvalue weighted by molar-refractivity contribution is 6.30. The maximum Gasteiger partial charge on any atom is 0.123 e. The summed E-state index contributed by atoms with van der Waals surface area (Å²) in [6.45, 7) is 2.59. The van der Waals surface area contributed by atoms with E-state index in [4.69, 9.17) is 17.3 Å². The average molecular weight is 370 g/mol. The van der Waals surface area contributed by atoms with Gasteiger partial charge in [-0.05, 0) is 55.1 Å². The zero-order chi connectivity index (χ0) is 18.4. The van der Waals surface area contributed by atoms with Gasteiger partial charge in [0.2, 0.25) is 0 Å². The summed E-state index contributed by atoms with van der Waals surface area (Å²) in [4.78, 5) is 6.32. The largest absolute Gasteiger partial charge is 0.391 e. The lowest BCUT2D eigenvalue weighted by molar-refractivity contribution is 0.0229. The third-order valence-electron chi connectivity index (χ3n) is 4.79. The summed E-state index contributed by atoms with van der Waals surface area (Å²) in [5.41, 5.74) is 7.67. The molecule has 3 rings (SSSR count). The van der Waals surface area contributed by atoms with E-state index >= 15 is 0 Å². The van der Waals surface area contributed by atoms with Crippen LogP contribution in [0.15, 0.2) is 42.6 Å². The molecule has 2 atom stereocenters. The molecule has 0 bridgehead atoms. The van der Waals surface area contributed by atoms with Crippen LogP contribution in [-0.4, -0.2) is 40.7 Å². The number of likely N-dealkylation sites (tertiary alicyclic amines) is 1. The van der Waals surface area contributed by atoms with Gasteiger partial charge < -0.3 is 10.8 Å². The first-order valence-corrected chi connectivity index (χ1v) is 9.33. The Balaban J connectivity index is 1.43. The van der Waals surface area contributed by atoms with Crippen molar-refractivity contribution in [3.8, 4) is 11.8 Å². The van der Waals surface area contributed by atoms with Crippen LogP contribution in [0.1, 0.15) is 24.0 Å². The summed E-state index contributed by atoms with van der Waals surface area (Å²) in [5, 5.41) is 11.2. The van der Waals surface area contributed by atoms with Gasteiger partial charge in [0, 0.05) is 36.3 Å². The average Bonchev–Trinajstić information content (AvgIpc) is 2.64. The molecule has 2 heterocycles. The van der Waals surface area contributed by atoms with Crippen molar-refractivity contribution < 1.29 is 5.11 Å². The number of hydrogen-bond donors (Lipinski definition) is 2. The van der Waals surface area contributed by atoms with E-state index in [9.17, 15) is 5.11 Å². The SMILES string of the molecule is Nc1ccc(C#CCCN2CCC(Cc3ccc(Cl)cc3)C(O)C2)cn1. The summed E-state index contributed by atoms with van der Waals surface area (Å²) in [7, 11) is 0. The van der Waals surface area contributed by atoms with Crippen molar-refractivity contribution in [3.63, 3.8) is 0 Å². The first kappa shape index (κ1) is 18.7. The fourth-order valence-corrected chi connectivity index (χ4v) is 3.39. The van der Waals surface area contributed by atoms with Crippen molar-refractivity contribution in [1.29, 1.82) is 0 Å². The molecule has 0 saturated carbocycles. The van der Waals surface area contributed by atoms with Gasteiger partial charge in [-0.1, -0.05) is 35.6 Å². The van der Waals surface area contributed by atoms with Gasteiger partial charge in [0.05, 0.1) is 6.10 Å². The zero-order valence-electron chi connectivity index (χ0n) is 14.7. The van der Waals surface area contributed by atoms with Crippen LogP contribution in [0.3, 0.4) is 0 Å². The minimum absolute atomic E-state index is 0.298. The second-order valence-corrected chi connectivity index (χ2v) is 7.21. The number of benzene rings is 1. The molecule has 26 heavy (non-hydrogen) atoms. The summed E-state index contributed by atoms with van der Waals surface area (Å²) in [6, 6.07) is 11.5. The quantitative estimate of drug-likeness (QED) is 0.813. The highest BCUT2D eigenvalue weighted by Crippen LogP contribution is 2.23. The Morgan fingerprint density at radius 3 is 2.73 bits per heavy atom. The Labute approximate surface area is 160 Å². The number of hydrogen-bond acceptors (Lipinski definition) is 4. The lowest BCUT2D eigenvalue weighted by Crippen LogP contribution is -2.44. The standard InChI is InChI=1S/C21H24ClN3O/c22-19-7-4-16(5-8-19)13-18-10-12-25(15-20(18)26)11-2-1-3-17-6-9-21(23)24-14-17/h4-9,14,18,20,26H,2,10-13,15H2,(H2,23,24). The van der Waals surface area contributed by atoms with Crippen LogP contribution in [0.4, 0.5) is 5.82 Å². The Morgan fingerprint density at radius 1 is 1.23 bits per heavy atom. The molecule has 1 aromatic heterocycles. The molecule has 3 N–H and O–H groups in total. The van der Waals surface area contributed by atoms with Gasteiger partial charge >= 0.3 is 0 Å². The zero-order valence-corrected chi connectivity index (χ0v) is 15.5. The molecule has 1 saturated heterocycles. The fraction of sp³-hybridized carbons (Fsp3) is 0.381. The van der Waals surface area contributed by atoms with Crippen molar-refractivity contribution >= 4 is 17.4 Å². The van der Waals surface area contributed by atoms with Gasteiger partial charge in [-0.15, -0.1) is 0 Å². The maximum atomic E-state index is 10.5. The molecule has 0 radical (unpaired) electrons. The van der Waals surface area contributed by atoms with Crippen molar-refractivity contribution in [2.45, 2.75) is 25.4 Å². The molecule has 5 heteroatoms. The number of nitrogens with two attached hydrogens (primary N) is 1. The van der Waals surface area contributed by atoms with E-state index in [1.54, 1.807) is 12.3 Å². The minimum atomic E-state index is -0.298. The van der Waals surface area contributed by atoms with Crippen LogP contribution in [0.25, 0.3) is 0 Å². The van der Waals surface area contributed by atoms with Gasteiger partial charge in [-0.2, -0.15) is 0 Å². The number of pyridine rings is 1. The van der Waals surface area contributed by atoms with Crippen molar-refractivity contribution in [1.82, 2.24) is 9.88 Å². The molecule has 2 aromatic rings. The molecule has 136 valence electrons. The summed E-state index contributed by atoms with van der Waals surface area (Å²) in [6.07, 6.45) is 4.07. The van der Waals surface area contributed by atoms with Gasteiger partial charge in [0.25, 0.3) is 0 Å². The number of aliphatic hydroxyl groups excluding tert-OH is 1. The Morgan fingerprint density at radius 2 is 2.04 bits per heavy atom. The molecule has 0 spiro atoms. The summed E-state index contributed by atoms with van der Waals surface area (Å²) < 4.78 is 0. The smallest absolute Gasteiger partial charge is 0.123 e. The number of nitrogens with zero attached hydrogens (tertiary/aromatic N) is 2. The van der Waals surface area contributed by atoms with Gasteiger partial charge in [-0.3, -0.25) is 4.90 Å². The molecule has 4 nitrogen and oxygen atoms in total. The van der Waals surface area contributed by atoms with E-state index in [2.05, 4.69) is 21.7 Å². The van der Waals surface area contributed by atoms with E-state index in [1.807, 2.05) is 30.3 Å². The van der Waals surface area contributed by atoms with Crippen LogP contribution in [0, 0.1) is 17.8 Å². The number of piperidine rings is 1. The number of aromatic nitrogens is 1. The Hall–Kier alpha value is -2.06. The van der Waals surface area contributed by atoms with E-state index in [0.29, 0.717) is 18.3 Å². The number of anilines is 1. The maximum absolute atomic E-state index is 10.5. The second-order valence-electron chi connectivity index (χ2n) is 6.77. The molecule has 2 unspecified atom stereocenters. The Bertz CT molecular complexity index is 765. The summed E-state index contributed by atoms with van der Waals surface area (Å²) >= 11 is 5.93. The van der Waals surface area contributed by atoms with E-state index < -0.39 is 0 Å².